The Balaban J connectivity index is 2.84. The van der Waals surface area contributed by atoms with Gasteiger partial charge in [-0.1, -0.05) is 0 Å². The van der Waals surface area contributed by atoms with E-state index in [1.54, 1.807) is 0 Å². The molecule has 1 rings (SSSR count). The van der Waals surface area contributed by atoms with Gasteiger partial charge in [0, 0.05) is 20.1 Å². The first-order chi connectivity index (χ1) is 7.77. The number of halogens is 3. The summed E-state index contributed by atoms with van der Waals surface area (Å²) < 4.78 is 41.6. The molecule has 0 unspecified atom stereocenters. The molecule has 1 amide bonds. The Bertz CT molecular complexity index is 318. The van der Waals surface area contributed by atoms with Crippen molar-refractivity contribution in [3.05, 3.63) is 0 Å². The topological polar surface area (TPSA) is 66.8 Å². The first-order valence-corrected chi connectivity index (χ1v) is 4.90. The third kappa shape index (κ3) is 3.09. The number of carboxylic acids is 1. The van der Waals surface area contributed by atoms with Crippen LogP contribution >= 0.6 is 0 Å². The number of carbonyl (C=O) groups excluding carboxylic acids is 1. The van der Waals surface area contributed by atoms with Gasteiger partial charge in [-0.3, -0.25) is 4.79 Å². The van der Waals surface area contributed by atoms with Crippen LogP contribution in [-0.2, 0) is 14.3 Å². The highest BCUT2D eigenvalue weighted by Gasteiger charge is 2.48. The van der Waals surface area contributed by atoms with Gasteiger partial charge < -0.3 is 14.7 Å². The molecule has 98 valence electrons. The number of hydrogen-bond acceptors (Lipinski definition) is 3. The highest BCUT2D eigenvalue weighted by atomic mass is 19.4. The number of nitrogens with zero attached hydrogens (tertiary/aromatic N) is 1. The number of piperidine rings is 1. The predicted octanol–water partition coefficient (Wildman–Crippen LogP) is 0.639. The molecule has 0 aliphatic carbocycles. The Morgan fingerprint density at radius 1 is 1.41 bits per heavy atom. The van der Waals surface area contributed by atoms with Crippen LogP contribution in [0.3, 0.4) is 0 Å². The molecule has 17 heavy (non-hydrogen) atoms. The fourth-order valence-electron chi connectivity index (χ4n) is 1.79. The van der Waals surface area contributed by atoms with Crippen LogP contribution in [0.5, 0.6) is 0 Å². The molecular weight excluding hydrogens is 243 g/mol. The Hall–Kier alpha value is -1.31. The fraction of sp³-hybridized carbons (Fsp3) is 0.778. The Morgan fingerprint density at radius 3 is 2.41 bits per heavy atom. The lowest BCUT2D eigenvalue weighted by Crippen LogP contribution is -2.55. The van der Waals surface area contributed by atoms with E-state index in [1.807, 2.05) is 0 Å². The molecule has 0 bridgehead atoms. The summed E-state index contributed by atoms with van der Waals surface area (Å²) in [5.41, 5.74) is 0. The minimum absolute atomic E-state index is 0.131. The maximum atomic E-state index is 12.2. The molecule has 1 saturated heterocycles. The van der Waals surface area contributed by atoms with Crippen molar-refractivity contribution in [3.63, 3.8) is 0 Å². The van der Waals surface area contributed by atoms with E-state index in [2.05, 4.69) is 0 Å². The number of amides is 1. The third-order valence-electron chi connectivity index (χ3n) is 2.68. The average Bonchev–Trinajstić information content (AvgIpc) is 2.25. The minimum Gasteiger partial charge on any atom is -0.480 e. The Kier molecular flexibility index (Phi) is 3.97. The fourth-order valence-corrected chi connectivity index (χ4v) is 1.79. The molecule has 0 aromatic heterocycles. The molecule has 0 saturated carbocycles. The van der Waals surface area contributed by atoms with E-state index in [-0.39, 0.29) is 19.4 Å². The first-order valence-electron chi connectivity index (χ1n) is 4.90. The lowest BCUT2D eigenvalue weighted by atomic mass is 9.99. The Labute approximate surface area is 95.1 Å². The van der Waals surface area contributed by atoms with E-state index in [4.69, 9.17) is 9.84 Å². The van der Waals surface area contributed by atoms with Crippen molar-refractivity contribution >= 4 is 11.9 Å². The van der Waals surface area contributed by atoms with Crippen LogP contribution in [-0.4, -0.2) is 53.9 Å². The zero-order valence-corrected chi connectivity index (χ0v) is 9.03. The van der Waals surface area contributed by atoms with E-state index in [0.717, 1.165) is 0 Å². The minimum atomic E-state index is -5.05. The number of alkyl halides is 3. The molecule has 2 atom stereocenters. The first kappa shape index (κ1) is 13.8. The standard InChI is InChI=1S/C9H12F3NO4/c1-17-5-2-3-13(6(4-5)7(14)15)8(16)9(10,11)12/h5-6H,2-4H2,1H3,(H,14,15)/t5-,6+/m1/s1. The van der Waals surface area contributed by atoms with Crippen molar-refractivity contribution in [3.8, 4) is 0 Å². The molecule has 8 heteroatoms. The lowest BCUT2D eigenvalue weighted by Gasteiger charge is -2.36. The third-order valence-corrected chi connectivity index (χ3v) is 2.68. The maximum Gasteiger partial charge on any atom is 0.471 e. The van der Waals surface area contributed by atoms with Gasteiger partial charge in [-0.2, -0.15) is 13.2 Å². The summed E-state index contributed by atoms with van der Waals surface area (Å²) in [5, 5.41) is 8.82. The second-order valence-corrected chi connectivity index (χ2v) is 3.73. The van der Waals surface area contributed by atoms with Crippen molar-refractivity contribution in [1.82, 2.24) is 4.90 Å². The molecule has 0 aromatic carbocycles. The number of carboxylic acid groups (broad SMARTS) is 1. The van der Waals surface area contributed by atoms with Gasteiger partial charge in [-0.25, -0.2) is 4.79 Å². The zero-order chi connectivity index (χ0) is 13.2. The van der Waals surface area contributed by atoms with Gasteiger partial charge in [-0.15, -0.1) is 0 Å². The highest BCUT2D eigenvalue weighted by molar-refractivity contribution is 5.87. The van der Waals surface area contributed by atoms with E-state index in [9.17, 15) is 22.8 Å². The average molecular weight is 255 g/mol. The van der Waals surface area contributed by atoms with Crippen LogP contribution < -0.4 is 0 Å². The largest absolute Gasteiger partial charge is 0.480 e. The van der Waals surface area contributed by atoms with Crippen molar-refractivity contribution in [2.75, 3.05) is 13.7 Å². The van der Waals surface area contributed by atoms with Crippen molar-refractivity contribution in [1.29, 1.82) is 0 Å². The zero-order valence-electron chi connectivity index (χ0n) is 9.03. The summed E-state index contributed by atoms with van der Waals surface area (Å²) in [6, 6.07) is -1.48. The number of methoxy groups -OCH3 is 1. The van der Waals surface area contributed by atoms with Crippen LogP contribution in [0.2, 0.25) is 0 Å². The molecule has 0 spiro atoms. The number of likely N-dealkylation sites (tertiary alicyclic amines) is 1. The number of hydrogen-bond donors (Lipinski definition) is 1. The molecular formula is C9H12F3NO4. The van der Waals surface area contributed by atoms with E-state index in [1.165, 1.54) is 7.11 Å². The summed E-state index contributed by atoms with van der Waals surface area (Å²) in [6.45, 7) is -0.270. The Morgan fingerprint density at radius 2 is 2.00 bits per heavy atom. The highest BCUT2D eigenvalue weighted by Crippen LogP contribution is 2.26. The molecule has 0 radical (unpaired) electrons. The smallest absolute Gasteiger partial charge is 0.471 e. The summed E-state index contributed by atoms with van der Waals surface area (Å²) >= 11 is 0. The molecule has 1 aliphatic heterocycles. The maximum absolute atomic E-state index is 12.2. The lowest BCUT2D eigenvalue weighted by molar-refractivity contribution is -0.193. The van der Waals surface area contributed by atoms with E-state index in [0.29, 0.717) is 4.90 Å². The van der Waals surface area contributed by atoms with Crippen LogP contribution in [0.25, 0.3) is 0 Å². The van der Waals surface area contributed by atoms with Crippen molar-refractivity contribution in [2.24, 2.45) is 0 Å². The summed E-state index contributed by atoms with van der Waals surface area (Å²) in [4.78, 5) is 22.2. The molecule has 1 aliphatic rings. The SMILES string of the molecule is CO[C@@H]1CCN(C(=O)C(F)(F)F)[C@H](C(=O)O)C1. The van der Waals surface area contributed by atoms with Crippen LogP contribution in [0.15, 0.2) is 0 Å². The van der Waals surface area contributed by atoms with Crippen molar-refractivity contribution < 1.29 is 32.6 Å². The molecule has 1 heterocycles. The van der Waals surface area contributed by atoms with Gasteiger partial charge >= 0.3 is 18.1 Å². The number of aliphatic carboxylic acids is 1. The summed E-state index contributed by atoms with van der Waals surface area (Å²) in [5.74, 6) is -3.57. The van der Waals surface area contributed by atoms with Crippen LogP contribution in [0.1, 0.15) is 12.8 Å². The van der Waals surface area contributed by atoms with Crippen molar-refractivity contribution in [2.45, 2.75) is 31.2 Å². The normalized spacial score (nSPS) is 25.8. The van der Waals surface area contributed by atoms with E-state index < -0.39 is 30.2 Å². The van der Waals surface area contributed by atoms with Gasteiger partial charge in [-0.05, 0) is 6.42 Å². The number of ether oxygens (including phenoxy) is 1. The van der Waals surface area contributed by atoms with Gasteiger partial charge in [0.05, 0.1) is 6.10 Å². The molecule has 1 fully saturated rings. The molecule has 5 nitrogen and oxygen atoms in total. The quantitative estimate of drug-likeness (QED) is 0.786. The van der Waals surface area contributed by atoms with Gasteiger partial charge in [0.2, 0.25) is 0 Å². The van der Waals surface area contributed by atoms with Crippen LogP contribution in [0, 0.1) is 0 Å². The second-order valence-electron chi connectivity index (χ2n) is 3.73. The van der Waals surface area contributed by atoms with Gasteiger partial charge in [0.1, 0.15) is 6.04 Å². The van der Waals surface area contributed by atoms with Crippen LogP contribution in [0.4, 0.5) is 13.2 Å². The molecule has 1 N–H and O–H groups in total. The number of carbonyl (C=O) groups is 2. The number of rotatable bonds is 2. The summed E-state index contributed by atoms with van der Waals surface area (Å²) in [6.07, 6.45) is -5.42. The predicted molar refractivity (Wildman–Crippen MR) is 49.2 cm³/mol. The second kappa shape index (κ2) is 4.91. The monoisotopic (exact) mass is 255 g/mol. The van der Waals surface area contributed by atoms with E-state index >= 15 is 0 Å². The van der Waals surface area contributed by atoms with Gasteiger partial charge in [0.15, 0.2) is 0 Å². The molecule has 0 aromatic rings. The van der Waals surface area contributed by atoms with Gasteiger partial charge in [0.25, 0.3) is 0 Å². The summed E-state index contributed by atoms with van der Waals surface area (Å²) in [7, 11) is 1.35.